The number of benzene rings is 1. The number of rotatable bonds is 3. The third-order valence-corrected chi connectivity index (χ3v) is 4.55. The molecule has 0 atom stereocenters. The Morgan fingerprint density at radius 1 is 1.20 bits per heavy atom. The molecule has 1 fully saturated rings. The van der Waals surface area contributed by atoms with E-state index in [4.69, 9.17) is 12.2 Å². The van der Waals surface area contributed by atoms with Crippen LogP contribution in [0.25, 0.3) is 6.08 Å². The minimum absolute atomic E-state index is 0.182. The van der Waals surface area contributed by atoms with Crippen LogP contribution in [0.1, 0.15) is 15.9 Å². The number of amides is 2. The lowest BCUT2D eigenvalue weighted by atomic mass is 10.2. The van der Waals surface area contributed by atoms with Crippen LogP contribution in [0, 0.1) is 0 Å². The fourth-order valence-corrected chi connectivity index (χ4v) is 3.19. The summed E-state index contributed by atoms with van der Waals surface area (Å²) in [6.07, 6.45) is 4.45. The van der Waals surface area contributed by atoms with Crippen LogP contribution in [-0.4, -0.2) is 36.3 Å². The van der Waals surface area contributed by atoms with Crippen molar-refractivity contribution in [2.24, 2.45) is 0 Å². The third kappa shape index (κ3) is 3.62. The second-order valence-electron chi connectivity index (χ2n) is 4.94. The van der Waals surface area contributed by atoms with Gasteiger partial charge in [0.05, 0.1) is 4.91 Å². The van der Waals surface area contributed by atoms with Gasteiger partial charge in [0.15, 0.2) is 15.8 Å². The Kier molecular flexibility index (Phi) is 4.68. The number of hydrogen-bond acceptors (Lipinski definition) is 7. The molecule has 1 saturated heterocycles. The first-order valence-corrected chi connectivity index (χ1v) is 8.19. The number of nitrogens with zero attached hydrogens (tertiary/aromatic N) is 2. The van der Waals surface area contributed by atoms with E-state index in [1.807, 2.05) is 0 Å². The van der Waals surface area contributed by atoms with Gasteiger partial charge < -0.3 is 10.2 Å². The highest BCUT2D eigenvalue weighted by Crippen LogP contribution is 2.33. The molecular weight excluding hydrogens is 362 g/mol. The molecule has 25 heavy (non-hydrogen) atoms. The number of hydrazine groups is 1. The molecule has 126 valence electrons. The predicted molar refractivity (Wildman–Crippen MR) is 96.5 cm³/mol. The maximum atomic E-state index is 12.4. The molecule has 1 aromatic heterocycles. The Labute approximate surface area is 152 Å². The molecule has 7 nitrogen and oxygen atoms in total. The summed E-state index contributed by atoms with van der Waals surface area (Å²) in [5.74, 6) is -1.52. The number of carbonyl (C=O) groups is 2. The number of phenols is 2. The summed E-state index contributed by atoms with van der Waals surface area (Å²) in [4.78, 5) is 28.7. The summed E-state index contributed by atoms with van der Waals surface area (Å²) in [5, 5.41) is 19.8. The highest BCUT2D eigenvalue weighted by Gasteiger charge is 2.33. The lowest BCUT2D eigenvalue weighted by Crippen LogP contribution is -2.44. The van der Waals surface area contributed by atoms with Crippen molar-refractivity contribution in [2.45, 2.75) is 0 Å². The Morgan fingerprint density at radius 3 is 2.60 bits per heavy atom. The summed E-state index contributed by atoms with van der Waals surface area (Å²) in [6, 6.07) is 7.20. The van der Waals surface area contributed by atoms with E-state index in [-0.39, 0.29) is 20.7 Å². The highest BCUT2D eigenvalue weighted by atomic mass is 32.2. The highest BCUT2D eigenvalue weighted by molar-refractivity contribution is 8.26. The Balaban J connectivity index is 1.79. The van der Waals surface area contributed by atoms with Crippen LogP contribution in [-0.2, 0) is 4.79 Å². The Hall–Kier alpha value is -2.91. The van der Waals surface area contributed by atoms with Crippen LogP contribution < -0.4 is 5.43 Å². The van der Waals surface area contributed by atoms with E-state index in [1.54, 1.807) is 0 Å². The van der Waals surface area contributed by atoms with Crippen LogP contribution in [0.3, 0.4) is 0 Å². The van der Waals surface area contributed by atoms with Gasteiger partial charge in [-0.05, 0) is 48.1 Å². The normalized spacial score (nSPS) is 15.7. The van der Waals surface area contributed by atoms with E-state index in [0.717, 1.165) is 16.8 Å². The van der Waals surface area contributed by atoms with Gasteiger partial charge in [-0.1, -0.05) is 17.8 Å². The number of hydrogen-bond donors (Lipinski definition) is 3. The fourth-order valence-electron chi connectivity index (χ4n) is 2.02. The quantitative estimate of drug-likeness (QED) is 0.430. The van der Waals surface area contributed by atoms with Gasteiger partial charge >= 0.3 is 0 Å². The monoisotopic (exact) mass is 373 g/mol. The molecule has 0 unspecified atom stereocenters. The Bertz CT molecular complexity index is 900. The molecule has 9 heteroatoms. The number of pyridine rings is 1. The summed E-state index contributed by atoms with van der Waals surface area (Å²) in [5.41, 5.74) is 3.31. The number of aromatic nitrogens is 1. The summed E-state index contributed by atoms with van der Waals surface area (Å²) >= 11 is 6.16. The molecule has 2 amide bonds. The molecule has 3 rings (SSSR count). The number of carbonyl (C=O) groups excluding carboxylic acids is 2. The molecule has 2 aromatic rings. The summed E-state index contributed by atoms with van der Waals surface area (Å²) in [7, 11) is 0. The summed E-state index contributed by atoms with van der Waals surface area (Å²) in [6.45, 7) is 0. The van der Waals surface area contributed by atoms with E-state index in [0.29, 0.717) is 11.1 Å². The zero-order chi connectivity index (χ0) is 18.0. The lowest BCUT2D eigenvalue weighted by molar-refractivity contribution is -0.123. The van der Waals surface area contributed by atoms with Crippen LogP contribution >= 0.6 is 24.0 Å². The third-order valence-electron chi connectivity index (χ3n) is 3.25. The smallest absolute Gasteiger partial charge is 0.285 e. The number of thioether (sulfide) groups is 1. The van der Waals surface area contributed by atoms with Crippen molar-refractivity contribution in [1.29, 1.82) is 0 Å². The molecular formula is C16H11N3O4S2. The van der Waals surface area contributed by atoms with Crippen molar-refractivity contribution in [1.82, 2.24) is 15.4 Å². The minimum atomic E-state index is -0.484. The number of nitrogens with one attached hydrogen (secondary N) is 1. The van der Waals surface area contributed by atoms with Gasteiger partial charge in [-0.2, -0.15) is 5.01 Å². The van der Waals surface area contributed by atoms with Crippen LogP contribution in [0.15, 0.2) is 47.6 Å². The average molecular weight is 373 g/mol. The van der Waals surface area contributed by atoms with Crippen LogP contribution in [0.5, 0.6) is 11.5 Å². The Morgan fingerprint density at radius 2 is 1.92 bits per heavy atom. The van der Waals surface area contributed by atoms with Crippen molar-refractivity contribution in [3.8, 4) is 11.5 Å². The van der Waals surface area contributed by atoms with Crippen molar-refractivity contribution < 1.29 is 19.8 Å². The van der Waals surface area contributed by atoms with Crippen molar-refractivity contribution in [3.05, 3.63) is 58.8 Å². The first-order chi connectivity index (χ1) is 12.0. The van der Waals surface area contributed by atoms with Crippen molar-refractivity contribution >= 4 is 46.2 Å². The standard InChI is InChI=1S/C16H11N3O4S2/c20-11-2-1-9(7-12(11)21)8-13-15(23)19(16(24)25-13)18-14(22)10-3-5-17-6-4-10/h1-8,20-21H,(H,18,22). The first-order valence-electron chi connectivity index (χ1n) is 6.96. The van der Waals surface area contributed by atoms with E-state index < -0.39 is 11.8 Å². The molecule has 3 N–H and O–H groups in total. The van der Waals surface area contributed by atoms with Gasteiger partial charge in [-0.25, -0.2) is 0 Å². The maximum absolute atomic E-state index is 12.4. The van der Waals surface area contributed by atoms with Crippen molar-refractivity contribution in [3.63, 3.8) is 0 Å². The maximum Gasteiger partial charge on any atom is 0.285 e. The molecule has 0 bridgehead atoms. The van der Waals surface area contributed by atoms with Gasteiger partial charge in [0.25, 0.3) is 11.8 Å². The van der Waals surface area contributed by atoms with E-state index >= 15 is 0 Å². The van der Waals surface area contributed by atoms with Crippen molar-refractivity contribution in [2.75, 3.05) is 0 Å². The van der Waals surface area contributed by atoms with Gasteiger partial charge in [0.1, 0.15) is 0 Å². The molecule has 0 aliphatic carbocycles. The van der Waals surface area contributed by atoms with E-state index in [1.165, 1.54) is 48.8 Å². The SMILES string of the molecule is O=C(NN1C(=O)C(=Cc2ccc(O)c(O)c2)SC1=S)c1ccncc1. The fraction of sp³-hybridized carbons (Fsp3) is 0. The minimum Gasteiger partial charge on any atom is -0.504 e. The van der Waals surface area contributed by atoms with Crippen LogP contribution in [0.2, 0.25) is 0 Å². The molecule has 0 saturated carbocycles. The number of thiocarbonyl (C=S) groups is 1. The first kappa shape index (κ1) is 16.9. The molecule has 1 aliphatic rings. The molecule has 0 spiro atoms. The molecule has 1 aromatic carbocycles. The number of phenolic OH excluding ortho intramolecular Hbond substituents is 2. The molecule has 0 radical (unpaired) electrons. The second-order valence-corrected chi connectivity index (χ2v) is 6.62. The topological polar surface area (TPSA) is 103 Å². The summed E-state index contributed by atoms with van der Waals surface area (Å²) < 4.78 is 0.182. The van der Waals surface area contributed by atoms with E-state index in [2.05, 4.69) is 10.4 Å². The van der Waals surface area contributed by atoms with Gasteiger partial charge in [0.2, 0.25) is 0 Å². The average Bonchev–Trinajstić information content (AvgIpc) is 2.86. The van der Waals surface area contributed by atoms with Crippen LogP contribution in [0.4, 0.5) is 0 Å². The van der Waals surface area contributed by atoms with Gasteiger partial charge in [-0.15, -0.1) is 0 Å². The molecule has 2 heterocycles. The van der Waals surface area contributed by atoms with Gasteiger partial charge in [0, 0.05) is 18.0 Å². The second kappa shape index (κ2) is 6.91. The predicted octanol–water partition coefficient (Wildman–Crippen LogP) is 2.04. The largest absolute Gasteiger partial charge is 0.504 e. The zero-order valence-corrected chi connectivity index (χ0v) is 14.2. The zero-order valence-electron chi connectivity index (χ0n) is 12.5. The molecule has 1 aliphatic heterocycles. The number of aromatic hydroxyl groups is 2. The van der Waals surface area contributed by atoms with Gasteiger partial charge in [-0.3, -0.25) is 20.0 Å². The lowest BCUT2D eigenvalue weighted by Gasteiger charge is -2.15. The van der Waals surface area contributed by atoms with E-state index in [9.17, 15) is 19.8 Å².